The predicted octanol–water partition coefficient (Wildman–Crippen LogP) is 6.06. The summed E-state index contributed by atoms with van der Waals surface area (Å²) in [6, 6.07) is 18.3. The highest BCUT2D eigenvalue weighted by molar-refractivity contribution is 7.19. The number of aromatic nitrogens is 2. The first-order valence-corrected chi connectivity index (χ1v) is 11.4. The Bertz CT molecular complexity index is 1190. The van der Waals surface area contributed by atoms with Crippen molar-refractivity contribution >= 4 is 39.0 Å². The first-order valence-electron chi connectivity index (χ1n) is 10.6. The number of para-hydroxylation sites is 1. The maximum Gasteiger partial charge on any atom is 0.224 e. The van der Waals surface area contributed by atoms with Gasteiger partial charge in [0.2, 0.25) is 5.91 Å². The van der Waals surface area contributed by atoms with Gasteiger partial charge in [0.05, 0.1) is 5.39 Å². The smallest absolute Gasteiger partial charge is 0.224 e. The van der Waals surface area contributed by atoms with Gasteiger partial charge in [-0.3, -0.25) is 4.79 Å². The lowest BCUT2D eigenvalue weighted by Crippen LogP contribution is -2.14. The standard InChI is InChI=1S/C25H26N4OS/c1-3-18-10-7-8-13-20(18)29-21(30)14-9-15-26-24-23-22(19-11-5-4-6-12-19)17(2)31-25(23)28-16-27-24/h4-8,10-13,16H,3,9,14-15H2,1-2H3,(H,29,30)(H,26,27,28). The van der Waals surface area contributed by atoms with E-state index in [0.717, 1.165) is 45.7 Å². The first-order chi connectivity index (χ1) is 15.2. The molecule has 0 unspecified atom stereocenters. The number of aryl methyl sites for hydroxylation is 2. The van der Waals surface area contributed by atoms with Crippen LogP contribution in [0.15, 0.2) is 60.9 Å². The normalized spacial score (nSPS) is 10.9. The van der Waals surface area contributed by atoms with Crippen molar-refractivity contribution < 1.29 is 4.79 Å². The minimum absolute atomic E-state index is 0.0342. The van der Waals surface area contributed by atoms with Crippen LogP contribution < -0.4 is 10.6 Å². The highest BCUT2D eigenvalue weighted by atomic mass is 32.1. The van der Waals surface area contributed by atoms with Crippen LogP contribution in [-0.2, 0) is 11.2 Å². The van der Waals surface area contributed by atoms with Gasteiger partial charge >= 0.3 is 0 Å². The summed E-state index contributed by atoms with van der Waals surface area (Å²) >= 11 is 1.68. The number of amides is 1. The van der Waals surface area contributed by atoms with Crippen LogP contribution in [0, 0.1) is 6.92 Å². The molecule has 2 N–H and O–H groups in total. The topological polar surface area (TPSA) is 66.9 Å². The highest BCUT2D eigenvalue weighted by Gasteiger charge is 2.16. The second kappa shape index (κ2) is 9.71. The molecule has 1 amide bonds. The van der Waals surface area contributed by atoms with E-state index in [1.165, 1.54) is 10.4 Å². The molecule has 0 aliphatic carbocycles. The number of hydrogen-bond donors (Lipinski definition) is 2. The molecule has 0 saturated carbocycles. The molecule has 0 aliphatic heterocycles. The van der Waals surface area contributed by atoms with Crippen molar-refractivity contribution in [2.24, 2.45) is 0 Å². The quantitative estimate of drug-likeness (QED) is 0.333. The molecule has 4 aromatic rings. The number of carbonyl (C=O) groups excluding carboxylic acids is 1. The number of nitrogens with zero attached hydrogens (tertiary/aromatic N) is 2. The molecule has 0 radical (unpaired) electrons. The van der Waals surface area contributed by atoms with E-state index in [4.69, 9.17) is 0 Å². The van der Waals surface area contributed by atoms with E-state index in [2.05, 4.69) is 46.6 Å². The summed E-state index contributed by atoms with van der Waals surface area (Å²) in [6.07, 6.45) is 3.66. The number of hydrogen-bond acceptors (Lipinski definition) is 5. The third-order valence-corrected chi connectivity index (χ3v) is 6.29. The number of nitrogens with one attached hydrogen (secondary N) is 2. The molecule has 5 nitrogen and oxygen atoms in total. The van der Waals surface area contributed by atoms with Crippen LogP contribution in [0.5, 0.6) is 0 Å². The number of anilines is 2. The fourth-order valence-corrected chi connectivity index (χ4v) is 4.76. The lowest BCUT2D eigenvalue weighted by atomic mass is 10.0. The number of carbonyl (C=O) groups is 1. The van der Waals surface area contributed by atoms with Crippen molar-refractivity contribution in [1.82, 2.24) is 9.97 Å². The SMILES string of the molecule is CCc1ccccc1NC(=O)CCCNc1ncnc2sc(C)c(-c3ccccc3)c12. The minimum Gasteiger partial charge on any atom is -0.369 e. The zero-order chi connectivity index (χ0) is 21.6. The summed E-state index contributed by atoms with van der Waals surface area (Å²) in [5.41, 5.74) is 4.40. The molecule has 0 fully saturated rings. The van der Waals surface area contributed by atoms with E-state index in [1.54, 1.807) is 17.7 Å². The third-order valence-electron chi connectivity index (χ3n) is 5.27. The van der Waals surface area contributed by atoms with Crippen molar-refractivity contribution in [1.29, 1.82) is 0 Å². The first kappa shape index (κ1) is 21.0. The van der Waals surface area contributed by atoms with Crippen LogP contribution in [0.2, 0.25) is 0 Å². The Labute approximate surface area is 186 Å². The summed E-state index contributed by atoms with van der Waals surface area (Å²) in [7, 11) is 0. The average molecular weight is 431 g/mol. The largest absolute Gasteiger partial charge is 0.369 e. The van der Waals surface area contributed by atoms with Gasteiger partial charge in [0, 0.05) is 29.1 Å². The zero-order valence-corrected chi connectivity index (χ0v) is 18.6. The number of rotatable bonds is 8. The summed E-state index contributed by atoms with van der Waals surface area (Å²) in [6.45, 7) is 4.88. The Hall–Kier alpha value is -3.25. The minimum atomic E-state index is 0.0342. The number of fused-ring (bicyclic) bond motifs is 1. The summed E-state index contributed by atoms with van der Waals surface area (Å²) in [5.74, 6) is 0.858. The van der Waals surface area contributed by atoms with Crippen LogP contribution in [0.3, 0.4) is 0 Å². The van der Waals surface area contributed by atoms with Gasteiger partial charge in [-0.05, 0) is 37.0 Å². The molecular formula is C25H26N4OS. The second-order valence-corrected chi connectivity index (χ2v) is 8.59. The van der Waals surface area contributed by atoms with E-state index in [-0.39, 0.29) is 5.91 Å². The van der Waals surface area contributed by atoms with E-state index in [1.807, 2.05) is 42.5 Å². The number of thiophene rings is 1. The van der Waals surface area contributed by atoms with Crippen molar-refractivity contribution in [3.05, 3.63) is 71.4 Å². The fraction of sp³-hybridized carbons (Fsp3) is 0.240. The molecular weight excluding hydrogens is 404 g/mol. The lowest BCUT2D eigenvalue weighted by molar-refractivity contribution is -0.116. The molecule has 158 valence electrons. The van der Waals surface area contributed by atoms with Gasteiger partial charge in [0.1, 0.15) is 17.0 Å². The molecule has 2 aromatic carbocycles. The predicted molar refractivity (Wildman–Crippen MR) is 130 cm³/mol. The van der Waals surface area contributed by atoms with Crippen LogP contribution in [-0.4, -0.2) is 22.4 Å². The molecule has 0 saturated heterocycles. The summed E-state index contributed by atoms with van der Waals surface area (Å²) < 4.78 is 0. The Morgan fingerprint density at radius 1 is 1.03 bits per heavy atom. The van der Waals surface area contributed by atoms with Crippen molar-refractivity contribution in [3.8, 4) is 11.1 Å². The molecule has 0 spiro atoms. The van der Waals surface area contributed by atoms with Gasteiger partial charge in [-0.15, -0.1) is 11.3 Å². The molecule has 31 heavy (non-hydrogen) atoms. The average Bonchev–Trinajstić information content (AvgIpc) is 3.14. The summed E-state index contributed by atoms with van der Waals surface area (Å²) in [4.78, 5) is 23.5. The molecule has 2 aromatic heterocycles. The Balaban J connectivity index is 1.42. The van der Waals surface area contributed by atoms with E-state index in [9.17, 15) is 4.79 Å². The Kier molecular flexibility index (Phi) is 6.57. The number of benzene rings is 2. The van der Waals surface area contributed by atoms with Crippen LogP contribution in [0.1, 0.15) is 30.2 Å². The molecule has 6 heteroatoms. The van der Waals surface area contributed by atoms with Crippen LogP contribution >= 0.6 is 11.3 Å². The van der Waals surface area contributed by atoms with E-state index in [0.29, 0.717) is 13.0 Å². The molecule has 4 rings (SSSR count). The van der Waals surface area contributed by atoms with Gasteiger partial charge in [0.15, 0.2) is 0 Å². The summed E-state index contributed by atoms with van der Waals surface area (Å²) in [5, 5.41) is 7.51. The monoisotopic (exact) mass is 430 g/mol. The van der Waals surface area contributed by atoms with Crippen molar-refractivity contribution in [2.45, 2.75) is 33.1 Å². The Morgan fingerprint density at radius 3 is 2.61 bits per heavy atom. The maximum absolute atomic E-state index is 12.4. The Morgan fingerprint density at radius 2 is 1.81 bits per heavy atom. The second-order valence-electron chi connectivity index (χ2n) is 7.39. The van der Waals surface area contributed by atoms with Gasteiger partial charge in [-0.2, -0.15) is 0 Å². The van der Waals surface area contributed by atoms with Gasteiger partial charge in [-0.1, -0.05) is 55.5 Å². The van der Waals surface area contributed by atoms with Crippen LogP contribution in [0.4, 0.5) is 11.5 Å². The van der Waals surface area contributed by atoms with E-state index >= 15 is 0 Å². The lowest BCUT2D eigenvalue weighted by Gasteiger charge is -2.11. The molecule has 0 atom stereocenters. The van der Waals surface area contributed by atoms with Crippen molar-refractivity contribution in [3.63, 3.8) is 0 Å². The van der Waals surface area contributed by atoms with E-state index < -0.39 is 0 Å². The third kappa shape index (κ3) is 4.75. The van der Waals surface area contributed by atoms with Gasteiger partial charge < -0.3 is 10.6 Å². The van der Waals surface area contributed by atoms with Gasteiger partial charge in [-0.25, -0.2) is 9.97 Å². The zero-order valence-electron chi connectivity index (χ0n) is 17.8. The molecule has 2 heterocycles. The fourth-order valence-electron chi connectivity index (χ4n) is 3.75. The van der Waals surface area contributed by atoms with Gasteiger partial charge in [0.25, 0.3) is 0 Å². The highest BCUT2D eigenvalue weighted by Crippen LogP contribution is 2.40. The maximum atomic E-state index is 12.4. The molecule has 0 bridgehead atoms. The van der Waals surface area contributed by atoms with Crippen molar-refractivity contribution in [2.75, 3.05) is 17.2 Å². The molecule has 0 aliphatic rings. The van der Waals surface area contributed by atoms with Crippen LogP contribution in [0.25, 0.3) is 21.3 Å².